The first-order chi connectivity index (χ1) is 5.65. The summed E-state index contributed by atoms with van der Waals surface area (Å²) in [6, 6.07) is 4.81. The fraction of sp³-hybridized carbons (Fsp3) is 0.300. The van der Waals surface area contributed by atoms with E-state index in [1.807, 2.05) is 6.92 Å². The van der Waals surface area contributed by atoms with Gasteiger partial charge in [0.1, 0.15) is 5.82 Å². The van der Waals surface area contributed by atoms with E-state index in [1.54, 1.807) is 12.1 Å². The van der Waals surface area contributed by atoms with E-state index in [0.717, 1.165) is 12.0 Å². The lowest BCUT2D eigenvalue weighted by atomic mass is 9.99. The van der Waals surface area contributed by atoms with E-state index in [4.69, 9.17) is 11.6 Å². The second-order valence-corrected chi connectivity index (χ2v) is 3.17. The molecule has 0 unspecified atom stereocenters. The second-order valence-electron chi connectivity index (χ2n) is 2.76. The van der Waals surface area contributed by atoms with Crippen LogP contribution in [-0.4, -0.2) is 0 Å². The van der Waals surface area contributed by atoms with Crippen LogP contribution in [0.25, 0.3) is 0 Å². The Hall–Kier alpha value is -0.560. The molecule has 1 aromatic rings. The number of benzene rings is 1. The molecule has 0 fully saturated rings. The number of halogens is 2. The van der Waals surface area contributed by atoms with Crippen LogP contribution < -0.4 is 0 Å². The number of hydrogen-bond donors (Lipinski definition) is 0. The third-order valence-corrected chi connectivity index (χ3v) is 2.23. The van der Waals surface area contributed by atoms with Gasteiger partial charge >= 0.3 is 0 Å². The Morgan fingerprint density at radius 3 is 2.67 bits per heavy atom. The molecule has 12 heavy (non-hydrogen) atoms. The van der Waals surface area contributed by atoms with Crippen LogP contribution in [0.2, 0.25) is 5.02 Å². The minimum atomic E-state index is -0.357. The maximum atomic E-state index is 12.7. The van der Waals surface area contributed by atoms with E-state index in [2.05, 4.69) is 6.92 Å². The fourth-order valence-corrected chi connectivity index (χ4v) is 1.15. The van der Waals surface area contributed by atoms with E-state index in [-0.39, 0.29) is 10.8 Å². The summed E-state index contributed by atoms with van der Waals surface area (Å²) < 4.78 is 12.7. The molecule has 0 aliphatic rings. The number of hydrogen-bond acceptors (Lipinski definition) is 0. The summed E-state index contributed by atoms with van der Waals surface area (Å²) >= 11 is 5.63. The van der Waals surface area contributed by atoms with Gasteiger partial charge in [-0.2, -0.15) is 0 Å². The molecule has 0 N–H and O–H groups in total. The molecule has 1 radical (unpaired) electrons. The molecule has 0 saturated carbocycles. The van der Waals surface area contributed by atoms with Gasteiger partial charge in [0, 0.05) is 5.92 Å². The molecule has 0 nitrogen and oxygen atoms in total. The molecule has 2 heteroatoms. The van der Waals surface area contributed by atoms with Crippen LogP contribution in [-0.2, 0) is 0 Å². The Morgan fingerprint density at radius 1 is 1.50 bits per heavy atom. The SMILES string of the molecule is CC[C](C)c1ccc(F)c(Cl)c1. The minimum absolute atomic E-state index is 0.195. The lowest BCUT2D eigenvalue weighted by Gasteiger charge is -2.07. The molecule has 0 heterocycles. The predicted molar refractivity (Wildman–Crippen MR) is 49.7 cm³/mol. The molecule has 65 valence electrons. The van der Waals surface area contributed by atoms with Gasteiger partial charge in [-0.1, -0.05) is 31.5 Å². The average Bonchev–Trinajstić information content (AvgIpc) is 2.08. The fourth-order valence-electron chi connectivity index (χ4n) is 0.966. The molecule has 1 aromatic carbocycles. The molecule has 0 amide bonds. The molecule has 0 spiro atoms. The standard InChI is InChI=1S/C10H11ClF/c1-3-7(2)8-4-5-10(12)9(11)6-8/h4-6H,3H2,1-2H3. The highest BCUT2D eigenvalue weighted by Crippen LogP contribution is 2.22. The average molecular weight is 186 g/mol. The first kappa shape index (κ1) is 9.53. The second kappa shape index (κ2) is 3.90. The van der Waals surface area contributed by atoms with Crippen LogP contribution in [0.15, 0.2) is 18.2 Å². The quantitative estimate of drug-likeness (QED) is 0.657. The molecule has 0 aliphatic carbocycles. The molecular formula is C10H11ClF. The lowest BCUT2D eigenvalue weighted by Crippen LogP contribution is -1.92. The first-order valence-electron chi connectivity index (χ1n) is 3.93. The van der Waals surface area contributed by atoms with Crippen molar-refractivity contribution in [2.24, 2.45) is 0 Å². The van der Waals surface area contributed by atoms with Crippen molar-refractivity contribution < 1.29 is 4.39 Å². The van der Waals surface area contributed by atoms with Crippen LogP contribution >= 0.6 is 11.6 Å². The number of rotatable bonds is 2. The summed E-state index contributed by atoms with van der Waals surface area (Å²) in [5.41, 5.74) is 1.02. The van der Waals surface area contributed by atoms with Crippen molar-refractivity contribution in [3.63, 3.8) is 0 Å². The Labute approximate surface area is 77.4 Å². The first-order valence-corrected chi connectivity index (χ1v) is 4.30. The monoisotopic (exact) mass is 185 g/mol. The summed E-state index contributed by atoms with van der Waals surface area (Å²) in [4.78, 5) is 0. The highest BCUT2D eigenvalue weighted by atomic mass is 35.5. The molecule has 0 aromatic heterocycles. The van der Waals surface area contributed by atoms with Gasteiger partial charge in [0.2, 0.25) is 0 Å². The van der Waals surface area contributed by atoms with E-state index in [1.165, 1.54) is 12.0 Å². The molecular weight excluding hydrogens is 175 g/mol. The van der Waals surface area contributed by atoms with Gasteiger partial charge in [0.25, 0.3) is 0 Å². The maximum Gasteiger partial charge on any atom is 0.141 e. The van der Waals surface area contributed by atoms with Gasteiger partial charge in [-0.05, 0) is 24.1 Å². The Morgan fingerprint density at radius 2 is 2.17 bits per heavy atom. The zero-order chi connectivity index (χ0) is 9.14. The van der Waals surface area contributed by atoms with Gasteiger partial charge in [0.05, 0.1) is 5.02 Å². The Kier molecular flexibility index (Phi) is 3.10. The van der Waals surface area contributed by atoms with Crippen LogP contribution in [0.4, 0.5) is 4.39 Å². The highest BCUT2D eigenvalue weighted by molar-refractivity contribution is 6.30. The van der Waals surface area contributed by atoms with Crippen molar-refractivity contribution >= 4 is 11.6 Å². The van der Waals surface area contributed by atoms with Crippen LogP contribution in [0.3, 0.4) is 0 Å². The smallest absolute Gasteiger partial charge is 0.141 e. The zero-order valence-corrected chi connectivity index (χ0v) is 7.95. The molecule has 0 bridgehead atoms. The molecule has 0 saturated heterocycles. The van der Waals surface area contributed by atoms with Crippen molar-refractivity contribution in [1.29, 1.82) is 0 Å². The summed E-state index contributed by atoms with van der Waals surface area (Å²) in [7, 11) is 0. The molecule has 0 aliphatic heterocycles. The van der Waals surface area contributed by atoms with Crippen molar-refractivity contribution in [2.75, 3.05) is 0 Å². The van der Waals surface area contributed by atoms with Gasteiger partial charge in [-0.25, -0.2) is 4.39 Å². The van der Waals surface area contributed by atoms with E-state index < -0.39 is 0 Å². The third kappa shape index (κ3) is 1.98. The van der Waals surface area contributed by atoms with Gasteiger partial charge in [-0.15, -0.1) is 0 Å². The maximum absolute atomic E-state index is 12.7. The van der Waals surface area contributed by atoms with Gasteiger partial charge in [-0.3, -0.25) is 0 Å². The lowest BCUT2D eigenvalue weighted by molar-refractivity contribution is 0.627. The predicted octanol–water partition coefficient (Wildman–Crippen LogP) is 3.83. The summed E-state index contributed by atoms with van der Waals surface area (Å²) in [6.07, 6.45) is 0.960. The summed E-state index contributed by atoms with van der Waals surface area (Å²) in [5.74, 6) is 0.862. The van der Waals surface area contributed by atoms with E-state index in [0.29, 0.717) is 0 Å². The molecule has 0 atom stereocenters. The van der Waals surface area contributed by atoms with Crippen molar-refractivity contribution in [2.45, 2.75) is 20.3 Å². The topological polar surface area (TPSA) is 0 Å². The minimum Gasteiger partial charge on any atom is -0.205 e. The molecule has 1 rings (SSSR count). The van der Waals surface area contributed by atoms with Crippen molar-refractivity contribution in [1.82, 2.24) is 0 Å². The third-order valence-electron chi connectivity index (χ3n) is 1.94. The Bertz CT molecular complexity index is 271. The van der Waals surface area contributed by atoms with Crippen LogP contribution in [0.1, 0.15) is 25.8 Å². The summed E-state index contributed by atoms with van der Waals surface area (Å²) in [6.45, 7) is 4.08. The highest BCUT2D eigenvalue weighted by Gasteiger charge is 2.06. The van der Waals surface area contributed by atoms with Crippen LogP contribution in [0.5, 0.6) is 0 Å². The van der Waals surface area contributed by atoms with E-state index in [9.17, 15) is 4.39 Å². The van der Waals surface area contributed by atoms with Crippen LogP contribution in [0, 0.1) is 11.7 Å². The van der Waals surface area contributed by atoms with Crippen molar-refractivity contribution in [3.8, 4) is 0 Å². The van der Waals surface area contributed by atoms with E-state index >= 15 is 0 Å². The van der Waals surface area contributed by atoms with Gasteiger partial charge < -0.3 is 0 Å². The summed E-state index contributed by atoms with van der Waals surface area (Å²) in [5, 5.41) is 0.195. The van der Waals surface area contributed by atoms with Gasteiger partial charge in [0.15, 0.2) is 0 Å². The normalized spacial score (nSPS) is 10.8. The largest absolute Gasteiger partial charge is 0.205 e. The van der Waals surface area contributed by atoms with Crippen molar-refractivity contribution in [3.05, 3.63) is 40.5 Å². The Balaban J connectivity index is 2.96. The zero-order valence-electron chi connectivity index (χ0n) is 7.20.